The van der Waals surface area contributed by atoms with Gasteiger partial charge in [-0.3, -0.25) is 4.90 Å². The first-order valence-electron chi connectivity index (χ1n) is 6.32. The zero-order chi connectivity index (χ0) is 14.8. The van der Waals surface area contributed by atoms with Crippen molar-refractivity contribution in [3.63, 3.8) is 0 Å². The zero-order valence-corrected chi connectivity index (χ0v) is 12.8. The third-order valence-corrected chi connectivity index (χ3v) is 4.46. The molecule has 0 aromatic heterocycles. The van der Waals surface area contributed by atoms with Crippen molar-refractivity contribution in [1.82, 2.24) is 4.90 Å². The Morgan fingerprint density at radius 3 is 2.90 bits per heavy atom. The van der Waals surface area contributed by atoms with Crippen LogP contribution in [0.25, 0.3) is 0 Å². The first-order chi connectivity index (χ1) is 9.35. The average Bonchev–Trinajstić information content (AvgIpc) is 2.39. The van der Waals surface area contributed by atoms with E-state index in [2.05, 4.69) is 0 Å². The Hall–Kier alpha value is -0.690. The Kier molecular flexibility index (Phi) is 5.01. The fourth-order valence-electron chi connectivity index (χ4n) is 2.11. The molecule has 2 rings (SSSR count). The lowest BCUT2D eigenvalue weighted by Gasteiger charge is -2.33. The van der Waals surface area contributed by atoms with E-state index in [0.717, 1.165) is 5.56 Å². The van der Waals surface area contributed by atoms with E-state index in [-0.39, 0.29) is 16.9 Å². The van der Waals surface area contributed by atoms with Gasteiger partial charge in [0.05, 0.1) is 23.5 Å². The van der Waals surface area contributed by atoms with Crippen LogP contribution in [0.4, 0.5) is 4.39 Å². The number of benzene rings is 1. The number of morpholine rings is 1. The lowest BCUT2D eigenvalue weighted by atomic mass is 10.1. The van der Waals surface area contributed by atoms with Crippen molar-refractivity contribution in [2.24, 2.45) is 0 Å². The van der Waals surface area contributed by atoms with Gasteiger partial charge in [-0.2, -0.15) is 0 Å². The smallest absolute Gasteiger partial charge is 0.148 e. The molecular weight excluding hydrogens is 305 g/mol. The Morgan fingerprint density at radius 1 is 1.50 bits per heavy atom. The molecule has 7 heteroatoms. The number of halogens is 2. The molecule has 0 unspecified atom stereocenters. The van der Waals surface area contributed by atoms with Crippen molar-refractivity contribution in [2.45, 2.75) is 6.10 Å². The third-order valence-electron chi connectivity index (χ3n) is 3.24. The van der Waals surface area contributed by atoms with E-state index in [0.29, 0.717) is 26.2 Å². The second kappa shape index (κ2) is 6.39. The highest BCUT2D eigenvalue weighted by molar-refractivity contribution is 7.90. The van der Waals surface area contributed by atoms with Gasteiger partial charge in [0, 0.05) is 25.9 Å². The van der Waals surface area contributed by atoms with Crippen molar-refractivity contribution < 1.29 is 17.5 Å². The van der Waals surface area contributed by atoms with Crippen LogP contribution in [0.15, 0.2) is 18.2 Å². The number of nitrogens with zero attached hydrogens (tertiary/aromatic N) is 1. The van der Waals surface area contributed by atoms with E-state index >= 15 is 0 Å². The lowest BCUT2D eigenvalue weighted by Crippen LogP contribution is -2.40. The average molecular weight is 322 g/mol. The maximum atomic E-state index is 13.1. The molecule has 1 fully saturated rings. The molecule has 1 aliphatic rings. The van der Waals surface area contributed by atoms with Crippen molar-refractivity contribution in [3.8, 4) is 0 Å². The largest absolute Gasteiger partial charge is 0.371 e. The SMILES string of the molecule is CS(=O)(=O)CCN1CCO[C@H](c2ccc(F)c(Cl)c2)C1. The molecule has 20 heavy (non-hydrogen) atoms. The Bertz CT molecular complexity index is 579. The number of hydrogen-bond donors (Lipinski definition) is 0. The molecule has 0 N–H and O–H groups in total. The maximum absolute atomic E-state index is 13.1. The topological polar surface area (TPSA) is 46.6 Å². The van der Waals surface area contributed by atoms with E-state index in [1.807, 2.05) is 4.90 Å². The maximum Gasteiger partial charge on any atom is 0.148 e. The van der Waals surface area contributed by atoms with Gasteiger partial charge >= 0.3 is 0 Å². The molecule has 1 atom stereocenters. The summed E-state index contributed by atoms with van der Waals surface area (Å²) in [4.78, 5) is 2.03. The molecule has 1 aromatic rings. The fourth-order valence-corrected chi connectivity index (χ4v) is 2.89. The van der Waals surface area contributed by atoms with Crippen LogP contribution >= 0.6 is 11.6 Å². The van der Waals surface area contributed by atoms with Crippen LogP contribution in [0.5, 0.6) is 0 Å². The summed E-state index contributed by atoms with van der Waals surface area (Å²) in [6, 6.07) is 4.52. The Balaban J connectivity index is 2.01. The van der Waals surface area contributed by atoms with Gasteiger partial charge in [-0.1, -0.05) is 17.7 Å². The van der Waals surface area contributed by atoms with E-state index in [9.17, 15) is 12.8 Å². The van der Waals surface area contributed by atoms with Gasteiger partial charge in [0.2, 0.25) is 0 Å². The molecule has 112 valence electrons. The normalized spacial score (nSPS) is 21.1. The lowest BCUT2D eigenvalue weighted by molar-refractivity contribution is -0.0279. The predicted octanol–water partition coefficient (Wildman–Crippen LogP) is 1.90. The second-order valence-electron chi connectivity index (χ2n) is 4.96. The van der Waals surface area contributed by atoms with Crippen molar-refractivity contribution >= 4 is 21.4 Å². The molecule has 0 spiro atoms. The standard InChI is InChI=1S/C13H17ClFNO3S/c1-20(17,18)7-5-16-4-6-19-13(9-16)10-2-3-12(15)11(14)8-10/h2-3,8,13H,4-7,9H2,1H3/t13-/m0/s1. The highest BCUT2D eigenvalue weighted by Gasteiger charge is 2.23. The van der Waals surface area contributed by atoms with E-state index in [1.54, 1.807) is 12.1 Å². The summed E-state index contributed by atoms with van der Waals surface area (Å²) in [5, 5.41) is 0.0689. The number of rotatable bonds is 4. The number of sulfone groups is 1. The summed E-state index contributed by atoms with van der Waals surface area (Å²) in [6.45, 7) is 2.27. The van der Waals surface area contributed by atoms with Gasteiger partial charge in [0.15, 0.2) is 0 Å². The predicted molar refractivity (Wildman–Crippen MR) is 76.3 cm³/mol. The third kappa shape index (κ3) is 4.41. The van der Waals surface area contributed by atoms with Gasteiger partial charge in [0.25, 0.3) is 0 Å². The summed E-state index contributed by atoms with van der Waals surface area (Å²) in [5.41, 5.74) is 0.806. The van der Waals surface area contributed by atoms with Gasteiger partial charge in [-0.25, -0.2) is 12.8 Å². The van der Waals surface area contributed by atoms with E-state index in [4.69, 9.17) is 16.3 Å². The van der Waals surface area contributed by atoms with Crippen molar-refractivity contribution in [2.75, 3.05) is 38.2 Å². The summed E-state index contributed by atoms with van der Waals surface area (Å²) in [5.74, 6) is -0.329. The van der Waals surface area contributed by atoms with Gasteiger partial charge in [-0.05, 0) is 17.7 Å². The number of ether oxygens (including phenoxy) is 1. The summed E-state index contributed by atoms with van der Waals surface area (Å²) < 4.78 is 41.2. The molecule has 1 aliphatic heterocycles. The molecule has 0 bridgehead atoms. The molecule has 1 saturated heterocycles. The zero-order valence-electron chi connectivity index (χ0n) is 11.2. The van der Waals surface area contributed by atoms with Crippen LogP contribution < -0.4 is 0 Å². The first-order valence-corrected chi connectivity index (χ1v) is 8.75. The summed E-state index contributed by atoms with van der Waals surface area (Å²) >= 11 is 5.77. The molecule has 1 aromatic carbocycles. The van der Waals surface area contributed by atoms with Crippen molar-refractivity contribution in [1.29, 1.82) is 0 Å². The molecule has 0 amide bonds. The molecular formula is C13H17ClFNO3S. The van der Waals surface area contributed by atoms with Gasteiger partial charge < -0.3 is 4.74 Å². The number of hydrogen-bond acceptors (Lipinski definition) is 4. The van der Waals surface area contributed by atoms with E-state index in [1.165, 1.54) is 12.3 Å². The Morgan fingerprint density at radius 2 is 2.25 bits per heavy atom. The van der Waals surface area contributed by atoms with Gasteiger partial charge in [0.1, 0.15) is 15.7 Å². The Labute approximate surface area is 123 Å². The van der Waals surface area contributed by atoms with Crippen LogP contribution in [0.3, 0.4) is 0 Å². The summed E-state index contributed by atoms with van der Waals surface area (Å²) in [6.07, 6.45) is 1.02. The quantitative estimate of drug-likeness (QED) is 0.850. The molecule has 1 heterocycles. The van der Waals surface area contributed by atoms with Crippen LogP contribution in [0.1, 0.15) is 11.7 Å². The van der Waals surface area contributed by atoms with Gasteiger partial charge in [-0.15, -0.1) is 0 Å². The summed E-state index contributed by atoms with van der Waals surface area (Å²) in [7, 11) is -2.97. The van der Waals surface area contributed by atoms with Crippen molar-refractivity contribution in [3.05, 3.63) is 34.6 Å². The molecule has 0 saturated carbocycles. The molecule has 0 radical (unpaired) electrons. The van der Waals surface area contributed by atoms with Crippen LogP contribution in [0, 0.1) is 5.82 Å². The molecule has 4 nitrogen and oxygen atoms in total. The second-order valence-corrected chi connectivity index (χ2v) is 7.63. The first kappa shape index (κ1) is 15.7. The van der Waals surface area contributed by atoms with E-state index < -0.39 is 15.7 Å². The minimum absolute atomic E-state index is 0.0689. The highest BCUT2D eigenvalue weighted by atomic mass is 35.5. The van der Waals surface area contributed by atoms with Crippen LogP contribution in [-0.4, -0.2) is 51.6 Å². The van der Waals surface area contributed by atoms with Crippen LogP contribution in [0.2, 0.25) is 5.02 Å². The minimum atomic E-state index is -2.97. The monoisotopic (exact) mass is 321 g/mol. The van der Waals surface area contributed by atoms with Crippen LogP contribution in [-0.2, 0) is 14.6 Å². The minimum Gasteiger partial charge on any atom is -0.371 e. The fraction of sp³-hybridized carbons (Fsp3) is 0.538. The highest BCUT2D eigenvalue weighted by Crippen LogP contribution is 2.26. The molecule has 0 aliphatic carbocycles.